The number of hydrogen-bond donors (Lipinski definition) is 1. The molecule has 0 aliphatic heterocycles. The van der Waals surface area contributed by atoms with Crippen molar-refractivity contribution in [1.29, 1.82) is 0 Å². The molecule has 116 valence electrons. The molecular formula is C16H19N3O3. The highest BCUT2D eigenvalue weighted by atomic mass is 16.2. The molecular weight excluding hydrogens is 282 g/mol. The molecule has 0 saturated carbocycles. The molecule has 1 N–H and O–H groups in total. The lowest BCUT2D eigenvalue weighted by Gasteiger charge is -2.13. The summed E-state index contributed by atoms with van der Waals surface area (Å²) < 4.78 is 2.59. The lowest BCUT2D eigenvalue weighted by molar-refractivity contribution is -0.121. The second-order valence-electron chi connectivity index (χ2n) is 4.93. The van der Waals surface area contributed by atoms with Crippen molar-refractivity contribution in [3.05, 3.63) is 57.6 Å². The Labute approximate surface area is 127 Å². The quantitative estimate of drug-likeness (QED) is 0.636. The van der Waals surface area contributed by atoms with Gasteiger partial charge in [-0.1, -0.05) is 25.1 Å². The van der Waals surface area contributed by atoms with Crippen molar-refractivity contribution >= 4 is 16.9 Å². The van der Waals surface area contributed by atoms with Crippen LogP contribution in [0.5, 0.6) is 0 Å². The van der Waals surface area contributed by atoms with E-state index in [1.807, 2.05) is 6.92 Å². The molecule has 0 unspecified atom stereocenters. The van der Waals surface area contributed by atoms with Crippen LogP contribution in [0.15, 0.2) is 46.5 Å². The minimum absolute atomic E-state index is 0.163. The highest BCUT2D eigenvalue weighted by Gasteiger charge is 2.14. The van der Waals surface area contributed by atoms with Crippen molar-refractivity contribution in [2.24, 2.45) is 0 Å². The van der Waals surface area contributed by atoms with Crippen LogP contribution in [0, 0.1) is 0 Å². The summed E-state index contributed by atoms with van der Waals surface area (Å²) in [6.07, 6.45) is 2.37. The largest absolute Gasteiger partial charge is 0.355 e. The fourth-order valence-corrected chi connectivity index (χ4v) is 2.30. The van der Waals surface area contributed by atoms with E-state index in [-0.39, 0.29) is 19.0 Å². The van der Waals surface area contributed by atoms with Gasteiger partial charge in [-0.25, -0.2) is 0 Å². The van der Waals surface area contributed by atoms with E-state index in [9.17, 15) is 14.4 Å². The molecule has 1 heterocycles. The first kappa shape index (κ1) is 15.8. The normalized spacial score (nSPS) is 10.6. The summed E-state index contributed by atoms with van der Waals surface area (Å²) in [6, 6.07) is 7.03. The van der Waals surface area contributed by atoms with Crippen LogP contribution in [-0.2, 0) is 17.9 Å². The number of rotatable bonds is 6. The fraction of sp³-hybridized carbons (Fsp3) is 0.312. The number of amides is 1. The zero-order valence-corrected chi connectivity index (χ0v) is 12.5. The van der Waals surface area contributed by atoms with Crippen molar-refractivity contribution in [3.63, 3.8) is 0 Å². The average molecular weight is 301 g/mol. The third-order valence-electron chi connectivity index (χ3n) is 3.32. The van der Waals surface area contributed by atoms with Gasteiger partial charge in [-0.2, -0.15) is 0 Å². The summed E-state index contributed by atoms with van der Waals surface area (Å²) in [5, 5.41) is 2.71. The van der Waals surface area contributed by atoms with Gasteiger partial charge in [0, 0.05) is 13.1 Å². The summed E-state index contributed by atoms with van der Waals surface area (Å²) in [5.41, 5.74) is -0.190. The standard InChI is InChI=1S/C16H19N3O3/c1-3-9-17-14(20)11-19-13-8-6-5-7-12(13)18(10-4-2)15(21)16(19)22/h4-8H,2-3,9-11H2,1H3,(H,17,20). The van der Waals surface area contributed by atoms with Crippen molar-refractivity contribution < 1.29 is 4.79 Å². The van der Waals surface area contributed by atoms with Crippen molar-refractivity contribution in [2.75, 3.05) is 6.54 Å². The van der Waals surface area contributed by atoms with E-state index < -0.39 is 11.1 Å². The first-order chi connectivity index (χ1) is 10.6. The van der Waals surface area contributed by atoms with Gasteiger partial charge in [0.15, 0.2) is 0 Å². The van der Waals surface area contributed by atoms with Gasteiger partial charge >= 0.3 is 11.1 Å². The van der Waals surface area contributed by atoms with Crippen molar-refractivity contribution in [1.82, 2.24) is 14.5 Å². The van der Waals surface area contributed by atoms with Gasteiger partial charge < -0.3 is 5.32 Å². The fourth-order valence-electron chi connectivity index (χ4n) is 2.30. The van der Waals surface area contributed by atoms with Crippen LogP contribution in [0.2, 0.25) is 0 Å². The molecule has 0 bridgehead atoms. The minimum atomic E-state index is -0.702. The molecule has 6 nitrogen and oxygen atoms in total. The van der Waals surface area contributed by atoms with Crippen LogP contribution in [0.3, 0.4) is 0 Å². The second-order valence-corrected chi connectivity index (χ2v) is 4.93. The number of nitrogens with one attached hydrogen (secondary N) is 1. The van der Waals surface area contributed by atoms with Gasteiger partial charge in [0.05, 0.1) is 11.0 Å². The number of fused-ring (bicyclic) bond motifs is 1. The Morgan fingerprint density at radius 1 is 1.18 bits per heavy atom. The molecule has 1 aromatic carbocycles. The number of allylic oxidation sites excluding steroid dienone is 1. The van der Waals surface area contributed by atoms with E-state index in [2.05, 4.69) is 11.9 Å². The maximum atomic E-state index is 12.3. The Hall–Kier alpha value is -2.63. The molecule has 1 aromatic heterocycles. The Kier molecular flexibility index (Phi) is 4.93. The summed E-state index contributed by atoms with van der Waals surface area (Å²) in [6.45, 7) is 6.17. The van der Waals surface area contributed by atoms with Crippen molar-refractivity contribution in [2.45, 2.75) is 26.4 Å². The third kappa shape index (κ3) is 3.00. The molecule has 0 radical (unpaired) electrons. The molecule has 0 spiro atoms. The summed E-state index contributed by atoms with van der Waals surface area (Å²) in [7, 11) is 0. The molecule has 0 aliphatic carbocycles. The number of benzene rings is 1. The highest BCUT2D eigenvalue weighted by Crippen LogP contribution is 2.10. The van der Waals surface area contributed by atoms with E-state index >= 15 is 0 Å². The number of para-hydroxylation sites is 2. The topological polar surface area (TPSA) is 73.1 Å². The number of carbonyl (C=O) groups is 1. The van der Waals surface area contributed by atoms with Gasteiger partial charge in [-0.05, 0) is 18.6 Å². The smallest absolute Gasteiger partial charge is 0.317 e. The average Bonchev–Trinajstić information content (AvgIpc) is 2.53. The van der Waals surface area contributed by atoms with E-state index in [4.69, 9.17) is 0 Å². The maximum Gasteiger partial charge on any atom is 0.317 e. The summed E-state index contributed by atoms with van der Waals surface area (Å²) in [5.74, 6) is -0.282. The first-order valence-electron chi connectivity index (χ1n) is 7.20. The number of nitrogens with zero attached hydrogens (tertiary/aromatic N) is 2. The number of carbonyl (C=O) groups excluding carboxylic acids is 1. The van der Waals surface area contributed by atoms with Crippen LogP contribution < -0.4 is 16.4 Å². The van der Waals surface area contributed by atoms with Gasteiger partial charge in [0.2, 0.25) is 5.91 Å². The number of aromatic nitrogens is 2. The molecule has 0 atom stereocenters. The van der Waals surface area contributed by atoms with Crippen LogP contribution in [-0.4, -0.2) is 21.6 Å². The molecule has 2 rings (SSSR count). The van der Waals surface area contributed by atoms with E-state index in [1.165, 1.54) is 9.13 Å². The SMILES string of the molecule is C=CCn1c(=O)c(=O)n(CC(=O)NCCC)c2ccccc21. The lowest BCUT2D eigenvalue weighted by atomic mass is 10.2. The van der Waals surface area contributed by atoms with Crippen LogP contribution in [0.4, 0.5) is 0 Å². The summed E-state index contributed by atoms with van der Waals surface area (Å²) in [4.78, 5) is 36.4. The predicted octanol–water partition coefficient (Wildman–Crippen LogP) is 0.875. The van der Waals surface area contributed by atoms with Crippen LogP contribution >= 0.6 is 0 Å². The zero-order chi connectivity index (χ0) is 16.1. The van der Waals surface area contributed by atoms with E-state index in [0.29, 0.717) is 17.6 Å². The van der Waals surface area contributed by atoms with Crippen molar-refractivity contribution in [3.8, 4) is 0 Å². The lowest BCUT2D eigenvalue weighted by Crippen LogP contribution is -2.43. The first-order valence-corrected chi connectivity index (χ1v) is 7.20. The Bertz CT molecular complexity index is 817. The Morgan fingerprint density at radius 2 is 1.77 bits per heavy atom. The molecule has 0 aliphatic rings. The summed E-state index contributed by atoms with van der Waals surface area (Å²) >= 11 is 0. The van der Waals surface area contributed by atoms with Gasteiger partial charge in [0.1, 0.15) is 6.54 Å². The predicted molar refractivity (Wildman–Crippen MR) is 86.0 cm³/mol. The third-order valence-corrected chi connectivity index (χ3v) is 3.32. The van der Waals surface area contributed by atoms with Crippen LogP contribution in [0.1, 0.15) is 13.3 Å². The van der Waals surface area contributed by atoms with E-state index in [1.54, 1.807) is 30.3 Å². The number of hydrogen-bond acceptors (Lipinski definition) is 3. The molecule has 6 heteroatoms. The maximum absolute atomic E-state index is 12.3. The molecule has 0 fully saturated rings. The monoisotopic (exact) mass is 301 g/mol. The Balaban J connectivity index is 2.60. The zero-order valence-electron chi connectivity index (χ0n) is 12.5. The molecule has 1 amide bonds. The molecule has 0 saturated heterocycles. The molecule has 22 heavy (non-hydrogen) atoms. The van der Waals surface area contributed by atoms with Gasteiger partial charge in [0.25, 0.3) is 0 Å². The van der Waals surface area contributed by atoms with Crippen LogP contribution in [0.25, 0.3) is 11.0 Å². The Morgan fingerprint density at radius 3 is 2.36 bits per heavy atom. The minimum Gasteiger partial charge on any atom is -0.355 e. The van der Waals surface area contributed by atoms with Gasteiger partial charge in [-0.15, -0.1) is 6.58 Å². The van der Waals surface area contributed by atoms with E-state index in [0.717, 1.165) is 6.42 Å². The van der Waals surface area contributed by atoms with Gasteiger partial charge in [-0.3, -0.25) is 23.5 Å². The second kappa shape index (κ2) is 6.89. The highest BCUT2D eigenvalue weighted by molar-refractivity contribution is 5.80. The molecule has 2 aromatic rings.